The zero-order valence-electron chi connectivity index (χ0n) is 11.6. The number of benzene rings is 2. The van der Waals surface area contributed by atoms with Gasteiger partial charge in [0, 0.05) is 16.7 Å². The molecule has 2 aromatic carbocycles. The van der Waals surface area contributed by atoms with Crippen LogP contribution in [0.2, 0.25) is 5.02 Å². The first kappa shape index (κ1) is 15.7. The topological polar surface area (TPSA) is 87.0 Å². The number of halogens is 1. The summed E-state index contributed by atoms with van der Waals surface area (Å²) < 4.78 is 4.99. The molecule has 3 N–H and O–H groups in total. The summed E-state index contributed by atoms with van der Waals surface area (Å²) >= 11 is 5.93. The minimum atomic E-state index is -1.18. The maximum absolute atomic E-state index is 11.5. The predicted octanol–water partition coefficient (Wildman–Crippen LogP) is 3.39. The summed E-state index contributed by atoms with van der Waals surface area (Å²) in [7, 11) is 1.37. The number of ether oxygens (including phenoxy) is 1. The molecule has 2 aromatic rings. The van der Waals surface area contributed by atoms with E-state index in [9.17, 15) is 20.1 Å². The van der Waals surface area contributed by atoms with Gasteiger partial charge in [0.25, 0.3) is 0 Å². The van der Waals surface area contributed by atoms with Gasteiger partial charge in [-0.25, -0.2) is 4.79 Å². The Kier molecular flexibility index (Phi) is 4.58. The Morgan fingerprint density at radius 1 is 1.18 bits per heavy atom. The second-order valence-electron chi connectivity index (χ2n) is 4.46. The SMILES string of the molecule is COc1cc(Cl)cc(/C=C(\C(=O)O)c2ccc(O)cc2)c1O. The first-order valence-corrected chi connectivity index (χ1v) is 6.61. The van der Waals surface area contributed by atoms with Crippen molar-refractivity contribution in [2.75, 3.05) is 7.11 Å². The van der Waals surface area contributed by atoms with Crippen molar-refractivity contribution in [3.8, 4) is 17.2 Å². The van der Waals surface area contributed by atoms with Crippen molar-refractivity contribution in [2.24, 2.45) is 0 Å². The second kappa shape index (κ2) is 6.41. The van der Waals surface area contributed by atoms with Crippen molar-refractivity contribution in [2.45, 2.75) is 0 Å². The number of aromatic hydroxyl groups is 2. The Labute approximate surface area is 131 Å². The smallest absolute Gasteiger partial charge is 0.336 e. The number of aliphatic carboxylic acids is 1. The number of carbonyl (C=O) groups is 1. The first-order chi connectivity index (χ1) is 10.4. The Morgan fingerprint density at radius 3 is 2.36 bits per heavy atom. The van der Waals surface area contributed by atoms with E-state index in [1.54, 1.807) is 0 Å². The van der Waals surface area contributed by atoms with E-state index in [4.69, 9.17) is 16.3 Å². The molecule has 0 atom stereocenters. The van der Waals surface area contributed by atoms with Crippen LogP contribution in [0.15, 0.2) is 36.4 Å². The molecule has 0 aromatic heterocycles. The zero-order chi connectivity index (χ0) is 16.3. The molecular weight excluding hydrogens is 308 g/mol. The lowest BCUT2D eigenvalue weighted by Crippen LogP contribution is -1.99. The number of rotatable bonds is 4. The minimum absolute atomic E-state index is 0.0285. The molecule has 5 nitrogen and oxygen atoms in total. The molecule has 0 aliphatic carbocycles. The molecule has 0 radical (unpaired) electrons. The Morgan fingerprint density at radius 2 is 1.82 bits per heavy atom. The Hall–Kier alpha value is -2.66. The number of carboxylic acid groups (broad SMARTS) is 1. The summed E-state index contributed by atoms with van der Waals surface area (Å²) in [5.41, 5.74) is 0.540. The number of methoxy groups -OCH3 is 1. The van der Waals surface area contributed by atoms with Crippen LogP contribution in [0, 0.1) is 0 Å². The quantitative estimate of drug-likeness (QED) is 0.594. The van der Waals surface area contributed by atoms with E-state index in [-0.39, 0.29) is 28.4 Å². The molecule has 6 heteroatoms. The average Bonchev–Trinajstić information content (AvgIpc) is 2.48. The van der Waals surface area contributed by atoms with Gasteiger partial charge >= 0.3 is 5.97 Å². The van der Waals surface area contributed by atoms with E-state index >= 15 is 0 Å². The maximum atomic E-state index is 11.5. The molecule has 0 spiro atoms. The van der Waals surface area contributed by atoms with E-state index < -0.39 is 5.97 Å². The average molecular weight is 321 g/mol. The van der Waals surface area contributed by atoms with Crippen LogP contribution in [0.1, 0.15) is 11.1 Å². The van der Waals surface area contributed by atoms with E-state index in [0.717, 1.165) is 0 Å². The summed E-state index contributed by atoms with van der Waals surface area (Å²) in [5.74, 6) is -1.21. The highest BCUT2D eigenvalue weighted by atomic mass is 35.5. The van der Waals surface area contributed by atoms with Crippen molar-refractivity contribution in [3.05, 3.63) is 52.5 Å². The van der Waals surface area contributed by atoms with E-state index in [1.165, 1.54) is 49.6 Å². The number of hydrogen-bond acceptors (Lipinski definition) is 4. The van der Waals surface area contributed by atoms with Gasteiger partial charge in [0.2, 0.25) is 0 Å². The molecule has 0 bridgehead atoms. The number of phenols is 2. The number of carboxylic acids is 1. The molecular formula is C16H13ClO5. The van der Waals surface area contributed by atoms with E-state index in [2.05, 4.69) is 0 Å². The van der Waals surface area contributed by atoms with Crippen LogP contribution >= 0.6 is 11.6 Å². The minimum Gasteiger partial charge on any atom is -0.508 e. The molecule has 114 valence electrons. The van der Waals surface area contributed by atoms with Gasteiger partial charge in [0.15, 0.2) is 11.5 Å². The Bertz CT molecular complexity index is 735. The van der Waals surface area contributed by atoms with Gasteiger partial charge in [-0.1, -0.05) is 23.7 Å². The molecule has 2 rings (SSSR count). The fraction of sp³-hybridized carbons (Fsp3) is 0.0625. The third-order valence-corrected chi connectivity index (χ3v) is 3.22. The lowest BCUT2D eigenvalue weighted by molar-refractivity contribution is -0.130. The summed E-state index contributed by atoms with van der Waals surface area (Å²) in [6, 6.07) is 8.55. The van der Waals surface area contributed by atoms with Gasteiger partial charge in [-0.05, 0) is 29.8 Å². The third-order valence-electron chi connectivity index (χ3n) is 3.00. The second-order valence-corrected chi connectivity index (χ2v) is 4.89. The lowest BCUT2D eigenvalue weighted by Gasteiger charge is -2.09. The van der Waals surface area contributed by atoms with Crippen LogP contribution in [-0.2, 0) is 4.79 Å². The predicted molar refractivity (Wildman–Crippen MR) is 83.3 cm³/mol. The van der Waals surface area contributed by atoms with Crippen LogP contribution in [0.4, 0.5) is 0 Å². The summed E-state index contributed by atoms with van der Waals surface area (Å²) in [6.45, 7) is 0. The van der Waals surface area contributed by atoms with Crippen molar-refractivity contribution < 1.29 is 24.9 Å². The molecule has 0 unspecified atom stereocenters. The van der Waals surface area contributed by atoms with Crippen LogP contribution in [0.25, 0.3) is 11.6 Å². The number of phenolic OH excluding ortho intramolecular Hbond substituents is 2. The molecule has 22 heavy (non-hydrogen) atoms. The van der Waals surface area contributed by atoms with Gasteiger partial charge in [-0.15, -0.1) is 0 Å². The van der Waals surface area contributed by atoms with Crippen molar-refractivity contribution in [1.82, 2.24) is 0 Å². The van der Waals surface area contributed by atoms with Crippen molar-refractivity contribution >= 4 is 29.2 Å². The molecule has 0 heterocycles. The number of hydrogen-bond donors (Lipinski definition) is 3. The van der Waals surface area contributed by atoms with Gasteiger partial charge in [-0.3, -0.25) is 0 Å². The summed E-state index contributed by atoms with van der Waals surface area (Å²) in [4.78, 5) is 11.5. The maximum Gasteiger partial charge on any atom is 0.336 e. The van der Waals surface area contributed by atoms with Gasteiger partial charge in [0.05, 0.1) is 12.7 Å². The summed E-state index contributed by atoms with van der Waals surface area (Å²) in [6.07, 6.45) is 1.29. The van der Waals surface area contributed by atoms with Crippen LogP contribution in [-0.4, -0.2) is 28.4 Å². The monoisotopic (exact) mass is 320 g/mol. The fourth-order valence-corrected chi connectivity index (χ4v) is 2.14. The van der Waals surface area contributed by atoms with Crippen molar-refractivity contribution in [1.29, 1.82) is 0 Å². The van der Waals surface area contributed by atoms with E-state index in [0.29, 0.717) is 10.6 Å². The highest BCUT2D eigenvalue weighted by Crippen LogP contribution is 2.35. The van der Waals surface area contributed by atoms with E-state index in [1.807, 2.05) is 0 Å². The zero-order valence-corrected chi connectivity index (χ0v) is 12.3. The Balaban J connectivity index is 2.58. The van der Waals surface area contributed by atoms with Gasteiger partial charge in [0.1, 0.15) is 5.75 Å². The standard InChI is InChI=1S/C16H13ClO5/c1-22-14-8-11(17)6-10(15(14)19)7-13(16(20)21)9-2-4-12(18)5-3-9/h2-8,18-19H,1H3,(H,20,21)/b13-7-. The van der Waals surface area contributed by atoms with Gasteiger partial charge < -0.3 is 20.1 Å². The third kappa shape index (κ3) is 3.32. The molecule has 0 saturated heterocycles. The molecule has 0 amide bonds. The molecule has 0 saturated carbocycles. The molecule has 0 aliphatic heterocycles. The lowest BCUT2D eigenvalue weighted by atomic mass is 10.0. The molecule has 0 aliphatic rings. The normalized spacial score (nSPS) is 11.3. The molecule has 0 fully saturated rings. The highest BCUT2D eigenvalue weighted by Gasteiger charge is 2.14. The highest BCUT2D eigenvalue weighted by molar-refractivity contribution is 6.31. The largest absolute Gasteiger partial charge is 0.508 e. The summed E-state index contributed by atoms with van der Waals surface area (Å²) in [5, 5.41) is 29.0. The van der Waals surface area contributed by atoms with Crippen LogP contribution in [0.3, 0.4) is 0 Å². The fourth-order valence-electron chi connectivity index (χ4n) is 1.93. The van der Waals surface area contributed by atoms with Gasteiger partial charge in [-0.2, -0.15) is 0 Å². The van der Waals surface area contributed by atoms with Crippen LogP contribution < -0.4 is 4.74 Å². The van der Waals surface area contributed by atoms with Crippen LogP contribution in [0.5, 0.6) is 17.2 Å². The first-order valence-electron chi connectivity index (χ1n) is 6.23. The van der Waals surface area contributed by atoms with Crippen molar-refractivity contribution in [3.63, 3.8) is 0 Å².